The van der Waals surface area contributed by atoms with E-state index >= 15 is 0 Å². The summed E-state index contributed by atoms with van der Waals surface area (Å²) < 4.78 is 5.19. The molecule has 0 spiro atoms. The normalized spacial score (nSPS) is 16.1. The molecule has 1 aliphatic carbocycles. The molecule has 0 bridgehead atoms. The van der Waals surface area contributed by atoms with Crippen molar-refractivity contribution in [3.63, 3.8) is 0 Å². The van der Waals surface area contributed by atoms with Crippen LogP contribution in [-0.4, -0.2) is 44.1 Å². The summed E-state index contributed by atoms with van der Waals surface area (Å²) in [6, 6.07) is 7.78. The summed E-state index contributed by atoms with van der Waals surface area (Å²) in [6.07, 6.45) is 4.58. The molecule has 0 saturated heterocycles. The Morgan fingerprint density at radius 2 is 1.92 bits per heavy atom. The molecule has 128 valence electrons. The van der Waals surface area contributed by atoms with E-state index in [4.69, 9.17) is 11.6 Å². The lowest BCUT2D eigenvalue weighted by Gasteiger charge is -2.10. The SMILES string of the molecule is OC1(c2cnnn2-c2nnc3c4ccccc4n4c(Cl)ncc4n23)CC1. The number of fused-ring (bicyclic) bond motifs is 6. The highest BCUT2D eigenvalue weighted by Crippen LogP contribution is 2.45. The van der Waals surface area contributed by atoms with E-state index in [-0.39, 0.29) is 0 Å². The third kappa shape index (κ3) is 1.66. The average Bonchev–Trinajstić information content (AvgIpc) is 3.06. The van der Waals surface area contributed by atoms with E-state index in [9.17, 15) is 5.11 Å². The van der Waals surface area contributed by atoms with E-state index < -0.39 is 5.60 Å². The molecule has 9 nitrogen and oxygen atoms in total. The minimum absolute atomic E-state index is 0.345. The van der Waals surface area contributed by atoms with Crippen LogP contribution in [0.3, 0.4) is 0 Å². The van der Waals surface area contributed by atoms with Crippen LogP contribution >= 0.6 is 11.6 Å². The second-order valence-corrected chi connectivity index (χ2v) is 6.80. The summed E-state index contributed by atoms with van der Waals surface area (Å²) in [6.45, 7) is 0. The molecule has 4 aromatic heterocycles. The maximum absolute atomic E-state index is 10.5. The van der Waals surface area contributed by atoms with Crippen LogP contribution in [0.25, 0.3) is 28.1 Å². The van der Waals surface area contributed by atoms with E-state index in [1.54, 1.807) is 12.4 Å². The molecule has 26 heavy (non-hydrogen) atoms. The quantitative estimate of drug-likeness (QED) is 0.511. The zero-order chi connectivity index (χ0) is 17.5. The number of aliphatic hydroxyl groups is 1. The van der Waals surface area contributed by atoms with Gasteiger partial charge in [0, 0.05) is 5.39 Å². The summed E-state index contributed by atoms with van der Waals surface area (Å²) >= 11 is 6.33. The number of benzene rings is 1. The summed E-state index contributed by atoms with van der Waals surface area (Å²) in [5, 5.41) is 28.5. The Balaban J connectivity index is 1.79. The molecule has 1 aliphatic rings. The fourth-order valence-corrected chi connectivity index (χ4v) is 3.66. The maximum atomic E-state index is 10.5. The second-order valence-electron chi connectivity index (χ2n) is 6.46. The van der Waals surface area contributed by atoms with Crippen LogP contribution in [0.2, 0.25) is 5.28 Å². The zero-order valence-corrected chi connectivity index (χ0v) is 14.0. The molecule has 0 radical (unpaired) electrons. The van der Waals surface area contributed by atoms with Gasteiger partial charge in [-0.05, 0) is 36.6 Å². The molecule has 1 aromatic carbocycles. The summed E-state index contributed by atoms with van der Waals surface area (Å²) in [7, 11) is 0. The van der Waals surface area contributed by atoms with Crippen molar-refractivity contribution >= 4 is 33.8 Å². The minimum atomic E-state index is -0.902. The van der Waals surface area contributed by atoms with Gasteiger partial charge in [0.2, 0.25) is 5.28 Å². The summed E-state index contributed by atoms with van der Waals surface area (Å²) in [4.78, 5) is 4.24. The van der Waals surface area contributed by atoms with Gasteiger partial charge in [0.05, 0.1) is 23.6 Å². The van der Waals surface area contributed by atoms with Crippen molar-refractivity contribution < 1.29 is 5.11 Å². The molecule has 1 saturated carbocycles. The largest absolute Gasteiger partial charge is 0.383 e. The predicted molar refractivity (Wildman–Crippen MR) is 92.3 cm³/mol. The summed E-state index contributed by atoms with van der Waals surface area (Å²) in [5.41, 5.74) is 1.94. The van der Waals surface area contributed by atoms with Gasteiger partial charge in [-0.15, -0.1) is 15.3 Å². The number of para-hydroxylation sites is 1. The van der Waals surface area contributed by atoms with Crippen LogP contribution in [0.1, 0.15) is 18.5 Å². The number of aromatic nitrogens is 8. The van der Waals surface area contributed by atoms with Gasteiger partial charge in [-0.1, -0.05) is 17.3 Å². The summed E-state index contributed by atoms with van der Waals surface area (Å²) in [5.74, 6) is 0.431. The van der Waals surface area contributed by atoms with Gasteiger partial charge in [-0.25, -0.2) is 9.38 Å². The topological polar surface area (TPSA) is 98.4 Å². The van der Waals surface area contributed by atoms with Gasteiger partial charge in [0.15, 0.2) is 5.65 Å². The fraction of sp³-hybridized carbons (Fsp3) is 0.188. The average molecular weight is 367 g/mol. The van der Waals surface area contributed by atoms with Crippen LogP contribution in [-0.2, 0) is 5.60 Å². The van der Waals surface area contributed by atoms with Crippen molar-refractivity contribution in [2.24, 2.45) is 0 Å². The van der Waals surface area contributed by atoms with Crippen LogP contribution in [0.5, 0.6) is 0 Å². The van der Waals surface area contributed by atoms with E-state index in [1.165, 1.54) is 4.68 Å². The Morgan fingerprint density at radius 3 is 2.77 bits per heavy atom. The van der Waals surface area contributed by atoms with Crippen LogP contribution < -0.4 is 0 Å². The Labute approximate surface area is 150 Å². The highest BCUT2D eigenvalue weighted by molar-refractivity contribution is 6.29. The number of rotatable bonds is 2. The molecule has 6 rings (SSSR count). The number of nitrogens with zero attached hydrogens (tertiary/aromatic N) is 8. The van der Waals surface area contributed by atoms with E-state index in [0.29, 0.717) is 41.1 Å². The lowest BCUT2D eigenvalue weighted by atomic mass is 10.2. The standard InChI is InChI=1S/C16H11ClN8O/c17-14-18-8-12-23(14)10-4-2-1-3-9(10)13-20-21-15(24(12)13)25-11(7-19-22-25)16(26)5-6-16/h1-4,7-8,26H,5-6H2. The monoisotopic (exact) mass is 366 g/mol. The van der Waals surface area contributed by atoms with Gasteiger partial charge in [0.25, 0.3) is 5.95 Å². The lowest BCUT2D eigenvalue weighted by Crippen LogP contribution is -2.15. The highest BCUT2D eigenvalue weighted by atomic mass is 35.5. The minimum Gasteiger partial charge on any atom is -0.383 e. The molecule has 0 unspecified atom stereocenters. The number of halogens is 1. The first-order chi connectivity index (χ1) is 12.7. The zero-order valence-electron chi connectivity index (χ0n) is 13.3. The van der Waals surface area contributed by atoms with Crippen LogP contribution in [0.15, 0.2) is 36.7 Å². The molecule has 0 amide bonds. The molecular formula is C16H11ClN8O. The third-order valence-electron chi connectivity index (χ3n) is 4.90. The molecule has 1 N–H and O–H groups in total. The van der Waals surface area contributed by atoms with Gasteiger partial charge >= 0.3 is 0 Å². The first-order valence-electron chi connectivity index (χ1n) is 8.10. The predicted octanol–water partition coefficient (Wildman–Crippen LogP) is 1.75. The van der Waals surface area contributed by atoms with Crippen LogP contribution in [0.4, 0.5) is 0 Å². The number of hydrogen-bond acceptors (Lipinski definition) is 6. The fourth-order valence-electron chi connectivity index (χ4n) is 3.43. The van der Waals surface area contributed by atoms with Crippen molar-refractivity contribution in [1.82, 2.24) is 39.0 Å². The molecule has 5 aromatic rings. The third-order valence-corrected chi connectivity index (χ3v) is 5.17. The second kappa shape index (κ2) is 4.57. The van der Waals surface area contributed by atoms with Crippen molar-refractivity contribution in [1.29, 1.82) is 0 Å². The molecular weight excluding hydrogens is 356 g/mol. The Bertz CT molecular complexity index is 1330. The number of imidazole rings is 1. The molecule has 0 aliphatic heterocycles. The first-order valence-corrected chi connectivity index (χ1v) is 8.48. The van der Waals surface area contributed by atoms with Crippen molar-refractivity contribution in [3.8, 4) is 5.95 Å². The Kier molecular flexibility index (Phi) is 2.49. The maximum Gasteiger partial charge on any atom is 0.259 e. The number of hydrogen-bond donors (Lipinski definition) is 1. The van der Waals surface area contributed by atoms with Crippen molar-refractivity contribution in [3.05, 3.63) is 47.6 Å². The molecule has 4 heterocycles. The highest BCUT2D eigenvalue weighted by Gasteiger charge is 2.46. The van der Waals surface area contributed by atoms with Crippen molar-refractivity contribution in [2.45, 2.75) is 18.4 Å². The van der Waals surface area contributed by atoms with Gasteiger partial charge in [-0.2, -0.15) is 4.68 Å². The van der Waals surface area contributed by atoms with E-state index in [1.807, 2.05) is 33.1 Å². The first kappa shape index (κ1) is 14.2. The van der Waals surface area contributed by atoms with E-state index in [0.717, 1.165) is 10.9 Å². The molecule has 1 fully saturated rings. The lowest BCUT2D eigenvalue weighted by molar-refractivity contribution is 0.143. The molecule has 0 atom stereocenters. The van der Waals surface area contributed by atoms with E-state index in [2.05, 4.69) is 25.5 Å². The Morgan fingerprint density at radius 1 is 1.08 bits per heavy atom. The molecule has 10 heteroatoms. The van der Waals surface area contributed by atoms with Gasteiger partial charge < -0.3 is 5.11 Å². The van der Waals surface area contributed by atoms with Gasteiger partial charge in [0.1, 0.15) is 11.2 Å². The Hall–Kier alpha value is -3.04. The van der Waals surface area contributed by atoms with Crippen LogP contribution in [0, 0.1) is 0 Å². The van der Waals surface area contributed by atoms with Gasteiger partial charge in [-0.3, -0.25) is 4.40 Å². The smallest absolute Gasteiger partial charge is 0.259 e. The van der Waals surface area contributed by atoms with Crippen molar-refractivity contribution in [2.75, 3.05) is 0 Å².